The predicted molar refractivity (Wildman–Crippen MR) is 99.4 cm³/mol. The molecule has 0 radical (unpaired) electrons. The molecule has 2 aromatic rings. The Balaban J connectivity index is 1.81. The second-order valence-corrected chi connectivity index (χ2v) is 7.86. The van der Waals surface area contributed by atoms with E-state index in [9.17, 15) is 0 Å². The first kappa shape index (κ1) is 16.0. The predicted octanol–water partition coefficient (Wildman–Crippen LogP) is 5.34. The van der Waals surface area contributed by atoms with Crippen molar-refractivity contribution >= 4 is 56.9 Å². The van der Waals surface area contributed by atoms with Crippen LogP contribution < -0.4 is 5.32 Å². The summed E-state index contributed by atoms with van der Waals surface area (Å²) in [6.07, 6.45) is 1.63. The van der Waals surface area contributed by atoms with Crippen LogP contribution in [0, 0.1) is 0 Å². The van der Waals surface area contributed by atoms with Gasteiger partial charge in [0.25, 0.3) is 0 Å². The average Bonchev–Trinajstić information content (AvgIpc) is 3.03. The number of anilines is 1. The van der Waals surface area contributed by atoms with Gasteiger partial charge in [0.2, 0.25) is 0 Å². The molecule has 0 saturated carbocycles. The molecule has 0 aliphatic carbocycles. The van der Waals surface area contributed by atoms with E-state index in [0.29, 0.717) is 5.02 Å². The van der Waals surface area contributed by atoms with Crippen LogP contribution in [-0.4, -0.2) is 21.7 Å². The maximum Gasteiger partial charge on any atom is 0.127 e. The summed E-state index contributed by atoms with van der Waals surface area (Å²) >= 11 is 15.4. The molecule has 0 bridgehead atoms. The van der Waals surface area contributed by atoms with Crippen LogP contribution in [0.5, 0.6) is 0 Å². The minimum atomic E-state index is 0.0234. The number of halogens is 2. The lowest BCUT2D eigenvalue weighted by atomic mass is 10.2. The topological polar surface area (TPSA) is 37.3 Å². The molecular weight excluding hydrogens is 357 g/mol. The van der Waals surface area contributed by atoms with Crippen LogP contribution in [0.2, 0.25) is 10.0 Å². The zero-order valence-electron chi connectivity index (χ0n) is 11.5. The van der Waals surface area contributed by atoms with Crippen LogP contribution in [-0.2, 0) is 0 Å². The van der Waals surface area contributed by atoms with E-state index >= 15 is 0 Å². The summed E-state index contributed by atoms with van der Waals surface area (Å²) in [4.78, 5) is 8.82. The lowest BCUT2D eigenvalue weighted by molar-refractivity contribution is 1.09. The van der Waals surface area contributed by atoms with Crippen LogP contribution >= 0.6 is 46.7 Å². The summed E-state index contributed by atoms with van der Waals surface area (Å²) in [6, 6.07) is 11.5. The third kappa shape index (κ3) is 4.32. The molecule has 1 aliphatic heterocycles. The molecular formula is C15H13Cl2N3S2. The maximum atomic E-state index is 5.98. The molecule has 0 spiro atoms. The van der Waals surface area contributed by atoms with Gasteiger partial charge in [-0.15, -0.1) is 0 Å². The first-order valence-electron chi connectivity index (χ1n) is 6.68. The van der Waals surface area contributed by atoms with Crippen LogP contribution in [0.4, 0.5) is 5.82 Å². The molecule has 3 rings (SSSR count). The fourth-order valence-corrected chi connectivity index (χ4v) is 4.33. The van der Waals surface area contributed by atoms with Gasteiger partial charge in [-0.05, 0) is 29.8 Å². The van der Waals surface area contributed by atoms with E-state index < -0.39 is 0 Å². The van der Waals surface area contributed by atoms with Crippen molar-refractivity contribution in [2.24, 2.45) is 4.99 Å². The lowest BCUT2D eigenvalue weighted by Crippen LogP contribution is -2.09. The quantitative estimate of drug-likeness (QED) is 0.738. The SMILES string of the molecule is Clc1ccc([C@H](Nc2ccc(Cl)cn2)SC2=NCCS2)cc1. The van der Waals surface area contributed by atoms with Crippen molar-refractivity contribution in [3.8, 4) is 0 Å². The molecule has 2 heterocycles. The van der Waals surface area contributed by atoms with Crippen molar-refractivity contribution in [1.29, 1.82) is 0 Å². The largest absolute Gasteiger partial charge is 0.354 e. The number of nitrogens with zero attached hydrogens (tertiary/aromatic N) is 2. The summed E-state index contributed by atoms with van der Waals surface area (Å²) in [6.45, 7) is 0.888. The van der Waals surface area contributed by atoms with Crippen molar-refractivity contribution < 1.29 is 0 Å². The van der Waals surface area contributed by atoms with E-state index in [1.54, 1.807) is 29.7 Å². The Kier molecular flexibility index (Phi) is 5.52. The van der Waals surface area contributed by atoms with Gasteiger partial charge < -0.3 is 5.32 Å². The number of pyridine rings is 1. The van der Waals surface area contributed by atoms with E-state index in [1.807, 2.05) is 36.4 Å². The highest BCUT2D eigenvalue weighted by molar-refractivity contribution is 8.39. The molecule has 0 unspecified atom stereocenters. The van der Waals surface area contributed by atoms with E-state index in [4.69, 9.17) is 23.2 Å². The van der Waals surface area contributed by atoms with Gasteiger partial charge in [0.1, 0.15) is 15.6 Å². The van der Waals surface area contributed by atoms with Crippen LogP contribution in [0.1, 0.15) is 10.9 Å². The monoisotopic (exact) mass is 369 g/mol. The number of rotatable bonds is 4. The van der Waals surface area contributed by atoms with Gasteiger partial charge in [-0.25, -0.2) is 4.98 Å². The van der Waals surface area contributed by atoms with Gasteiger partial charge in [-0.3, -0.25) is 4.99 Å². The zero-order chi connectivity index (χ0) is 15.4. The van der Waals surface area contributed by atoms with E-state index in [0.717, 1.165) is 33.1 Å². The second-order valence-electron chi connectivity index (χ2n) is 4.55. The molecule has 7 heteroatoms. The Labute approximate surface area is 147 Å². The van der Waals surface area contributed by atoms with Crippen molar-refractivity contribution in [2.75, 3.05) is 17.6 Å². The molecule has 114 valence electrons. The number of aromatic nitrogens is 1. The Hall–Kier alpha value is -0.880. The van der Waals surface area contributed by atoms with Crippen LogP contribution in [0.25, 0.3) is 0 Å². The van der Waals surface area contributed by atoms with Gasteiger partial charge in [0.05, 0.1) is 11.6 Å². The molecule has 1 N–H and O–H groups in total. The summed E-state index contributed by atoms with van der Waals surface area (Å²) < 4.78 is 1.10. The maximum absolute atomic E-state index is 5.98. The van der Waals surface area contributed by atoms with E-state index in [2.05, 4.69) is 15.3 Å². The molecule has 22 heavy (non-hydrogen) atoms. The van der Waals surface area contributed by atoms with Crippen LogP contribution in [0.3, 0.4) is 0 Å². The molecule has 0 amide bonds. The number of nitrogens with one attached hydrogen (secondary N) is 1. The molecule has 0 fully saturated rings. The van der Waals surface area contributed by atoms with Gasteiger partial charge in [0.15, 0.2) is 0 Å². The lowest BCUT2D eigenvalue weighted by Gasteiger charge is -2.19. The van der Waals surface area contributed by atoms with Gasteiger partial charge >= 0.3 is 0 Å². The summed E-state index contributed by atoms with van der Waals surface area (Å²) in [7, 11) is 0. The Bertz CT molecular complexity index is 659. The normalized spacial score (nSPS) is 15.5. The number of thioether (sulfide) groups is 2. The van der Waals surface area contributed by atoms with Gasteiger partial charge in [-0.2, -0.15) is 0 Å². The number of aliphatic imine (C=N–C) groups is 1. The molecule has 1 atom stereocenters. The van der Waals surface area contributed by atoms with Crippen molar-refractivity contribution in [3.63, 3.8) is 0 Å². The molecule has 1 aliphatic rings. The van der Waals surface area contributed by atoms with E-state index in [1.165, 1.54) is 0 Å². The van der Waals surface area contributed by atoms with Gasteiger partial charge in [-0.1, -0.05) is 58.9 Å². The zero-order valence-corrected chi connectivity index (χ0v) is 14.6. The number of hydrogen-bond acceptors (Lipinski definition) is 5. The first-order chi connectivity index (χ1) is 10.7. The highest BCUT2D eigenvalue weighted by Crippen LogP contribution is 2.36. The third-order valence-electron chi connectivity index (χ3n) is 2.96. The Morgan fingerprint density at radius 1 is 1.09 bits per heavy atom. The standard InChI is InChI=1S/C15H13Cl2N3S2/c16-11-3-1-10(2-4-11)14(22-15-18-7-8-21-15)20-13-6-5-12(17)9-19-13/h1-6,9,14H,7-8H2,(H,19,20)/t14-/m1/s1. The first-order valence-corrected chi connectivity index (χ1v) is 9.30. The fraction of sp³-hybridized carbons (Fsp3) is 0.200. The highest BCUT2D eigenvalue weighted by atomic mass is 35.5. The van der Waals surface area contributed by atoms with Crippen molar-refractivity contribution in [1.82, 2.24) is 4.98 Å². The Morgan fingerprint density at radius 3 is 2.50 bits per heavy atom. The minimum Gasteiger partial charge on any atom is -0.354 e. The highest BCUT2D eigenvalue weighted by Gasteiger charge is 2.18. The number of benzene rings is 1. The van der Waals surface area contributed by atoms with Crippen molar-refractivity contribution in [2.45, 2.75) is 5.37 Å². The smallest absolute Gasteiger partial charge is 0.127 e. The molecule has 1 aromatic heterocycles. The van der Waals surface area contributed by atoms with Crippen molar-refractivity contribution in [3.05, 3.63) is 58.2 Å². The molecule has 0 saturated heterocycles. The second kappa shape index (κ2) is 7.59. The van der Waals surface area contributed by atoms with Crippen LogP contribution in [0.15, 0.2) is 47.6 Å². The minimum absolute atomic E-state index is 0.0234. The van der Waals surface area contributed by atoms with E-state index in [-0.39, 0.29) is 5.37 Å². The Morgan fingerprint density at radius 2 is 1.86 bits per heavy atom. The summed E-state index contributed by atoms with van der Waals surface area (Å²) in [5.41, 5.74) is 1.13. The molecule has 3 nitrogen and oxygen atoms in total. The summed E-state index contributed by atoms with van der Waals surface area (Å²) in [5, 5.41) is 4.80. The van der Waals surface area contributed by atoms with Gasteiger partial charge in [0, 0.05) is 17.0 Å². The number of hydrogen-bond donors (Lipinski definition) is 1. The summed E-state index contributed by atoms with van der Waals surface area (Å²) in [5.74, 6) is 1.83. The molecule has 1 aromatic carbocycles. The third-order valence-corrected chi connectivity index (χ3v) is 5.79. The average molecular weight is 370 g/mol. The fourth-order valence-electron chi connectivity index (χ4n) is 1.90.